The van der Waals surface area contributed by atoms with Crippen LogP contribution in [0.3, 0.4) is 0 Å². The smallest absolute Gasteiger partial charge is 0.335 e. The molecule has 0 radical (unpaired) electrons. The zero-order chi connectivity index (χ0) is 13.8. The average Bonchev–Trinajstić information content (AvgIpc) is 2.85. The first-order valence-electron chi connectivity index (χ1n) is 5.35. The number of hydrogen-bond donors (Lipinski definition) is 2. The maximum absolute atomic E-state index is 10.7. The van der Waals surface area contributed by atoms with Gasteiger partial charge in [0.05, 0.1) is 17.6 Å². The molecular weight excluding hydrogens is 248 g/mol. The van der Waals surface area contributed by atoms with Gasteiger partial charge in [0.1, 0.15) is 0 Å². The molecule has 6 nitrogen and oxygen atoms in total. The van der Waals surface area contributed by atoms with Gasteiger partial charge >= 0.3 is 11.9 Å². The molecule has 6 heteroatoms. The molecule has 1 aromatic carbocycles. The number of nitrogens with zero attached hydrogens (tertiary/aromatic N) is 2. The normalized spacial score (nSPS) is 10.7. The van der Waals surface area contributed by atoms with Crippen LogP contribution in [0.5, 0.6) is 0 Å². The van der Waals surface area contributed by atoms with Crippen molar-refractivity contribution in [2.24, 2.45) is 0 Å². The Hall–Kier alpha value is -2.89. The van der Waals surface area contributed by atoms with Crippen molar-refractivity contribution in [3.05, 3.63) is 54.1 Å². The minimum atomic E-state index is -1.04. The molecular formula is C13H10N2O4. The van der Waals surface area contributed by atoms with Crippen LogP contribution < -0.4 is 0 Å². The van der Waals surface area contributed by atoms with Gasteiger partial charge in [-0.1, -0.05) is 0 Å². The third kappa shape index (κ3) is 3.06. The maximum Gasteiger partial charge on any atom is 0.335 e. The number of carboxylic acids is 2. The topological polar surface area (TPSA) is 92.4 Å². The monoisotopic (exact) mass is 258 g/mol. The van der Waals surface area contributed by atoms with E-state index in [0.717, 1.165) is 11.8 Å². The van der Waals surface area contributed by atoms with E-state index in [1.165, 1.54) is 24.5 Å². The summed E-state index contributed by atoms with van der Waals surface area (Å²) in [5.41, 5.74) is 1.45. The summed E-state index contributed by atoms with van der Waals surface area (Å²) in [4.78, 5) is 25.1. The van der Waals surface area contributed by atoms with Crippen molar-refractivity contribution in [2.75, 3.05) is 0 Å². The van der Waals surface area contributed by atoms with E-state index in [9.17, 15) is 9.59 Å². The predicted molar refractivity (Wildman–Crippen MR) is 67.2 cm³/mol. The van der Waals surface area contributed by atoms with Gasteiger partial charge in [0, 0.05) is 18.0 Å². The fourth-order valence-electron chi connectivity index (χ4n) is 1.50. The first-order valence-corrected chi connectivity index (χ1v) is 5.35. The molecule has 0 spiro atoms. The fraction of sp³-hybridized carbons (Fsp3) is 0. The summed E-state index contributed by atoms with van der Waals surface area (Å²) in [7, 11) is 0. The largest absolute Gasteiger partial charge is 0.478 e. The van der Waals surface area contributed by atoms with Gasteiger partial charge < -0.3 is 14.8 Å². The van der Waals surface area contributed by atoms with Crippen molar-refractivity contribution in [2.45, 2.75) is 0 Å². The minimum Gasteiger partial charge on any atom is -0.478 e. The van der Waals surface area contributed by atoms with Crippen molar-refractivity contribution < 1.29 is 19.8 Å². The molecule has 0 saturated carbocycles. The van der Waals surface area contributed by atoms with Crippen LogP contribution in [-0.4, -0.2) is 31.7 Å². The van der Waals surface area contributed by atoms with Crippen LogP contribution in [0.15, 0.2) is 42.9 Å². The first-order chi connectivity index (χ1) is 9.06. The van der Waals surface area contributed by atoms with E-state index in [0.29, 0.717) is 5.69 Å². The zero-order valence-corrected chi connectivity index (χ0v) is 9.72. The van der Waals surface area contributed by atoms with Crippen LogP contribution in [0, 0.1) is 0 Å². The summed E-state index contributed by atoms with van der Waals surface area (Å²) in [5, 5.41) is 17.3. The average molecular weight is 258 g/mol. The van der Waals surface area contributed by atoms with E-state index in [1.54, 1.807) is 22.9 Å². The molecule has 2 N–H and O–H groups in total. The van der Waals surface area contributed by atoms with Gasteiger partial charge in [-0.15, -0.1) is 0 Å². The second-order valence-corrected chi connectivity index (χ2v) is 3.73. The Bertz CT molecular complexity index is 641. The van der Waals surface area contributed by atoms with Gasteiger partial charge in [-0.05, 0) is 30.3 Å². The third-order valence-corrected chi connectivity index (χ3v) is 2.41. The van der Waals surface area contributed by atoms with E-state index >= 15 is 0 Å². The minimum absolute atomic E-state index is 0.204. The number of imidazole rings is 1. The number of benzene rings is 1. The van der Waals surface area contributed by atoms with Gasteiger partial charge in [-0.25, -0.2) is 14.6 Å². The SMILES string of the molecule is O=C(O)/C=C/c1cn(-c2ccc(C(=O)O)cc2)cn1. The number of carboxylic acid groups (broad SMARTS) is 2. The summed E-state index contributed by atoms with van der Waals surface area (Å²) in [5.74, 6) is -2.03. The second-order valence-electron chi connectivity index (χ2n) is 3.73. The van der Waals surface area contributed by atoms with Crippen LogP contribution >= 0.6 is 0 Å². The van der Waals surface area contributed by atoms with Gasteiger partial charge in [0.15, 0.2) is 0 Å². The number of carbonyl (C=O) groups is 2. The molecule has 96 valence electrons. The Balaban J connectivity index is 2.23. The Morgan fingerprint density at radius 1 is 1.16 bits per heavy atom. The maximum atomic E-state index is 10.7. The molecule has 0 fully saturated rings. The lowest BCUT2D eigenvalue weighted by atomic mass is 10.2. The highest BCUT2D eigenvalue weighted by molar-refractivity contribution is 5.87. The Labute approximate surface area is 108 Å². The lowest BCUT2D eigenvalue weighted by molar-refractivity contribution is -0.131. The van der Waals surface area contributed by atoms with Crippen LogP contribution in [0.4, 0.5) is 0 Å². The van der Waals surface area contributed by atoms with Gasteiger partial charge in [-0.3, -0.25) is 0 Å². The summed E-state index contributed by atoms with van der Waals surface area (Å²) in [6.07, 6.45) is 5.55. The molecule has 0 bridgehead atoms. The highest BCUT2D eigenvalue weighted by Gasteiger charge is 2.03. The standard InChI is InChI=1S/C13H10N2O4/c16-12(17)6-3-10-7-15(8-14-10)11-4-1-9(2-5-11)13(18)19/h1-8H,(H,16,17)(H,18,19)/b6-3+. The van der Waals surface area contributed by atoms with Crippen molar-refractivity contribution >= 4 is 18.0 Å². The van der Waals surface area contributed by atoms with Crippen LogP contribution in [0.2, 0.25) is 0 Å². The molecule has 1 aromatic heterocycles. The predicted octanol–water partition coefficient (Wildman–Crippen LogP) is 1.67. The number of aromatic nitrogens is 2. The van der Waals surface area contributed by atoms with Crippen molar-refractivity contribution in [1.29, 1.82) is 0 Å². The van der Waals surface area contributed by atoms with E-state index in [4.69, 9.17) is 10.2 Å². The first kappa shape index (κ1) is 12.6. The lowest BCUT2D eigenvalue weighted by Gasteiger charge is -2.01. The van der Waals surface area contributed by atoms with Gasteiger partial charge in [-0.2, -0.15) is 0 Å². The Morgan fingerprint density at radius 2 is 1.84 bits per heavy atom. The van der Waals surface area contributed by atoms with Crippen LogP contribution in [0.1, 0.15) is 16.1 Å². The number of hydrogen-bond acceptors (Lipinski definition) is 3. The van der Waals surface area contributed by atoms with Gasteiger partial charge in [0.2, 0.25) is 0 Å². The fourth-order valence-corrected chi connectivity index (χ4v) is 1.50. The summed E-state index contributed by atoms with van der Waals surface area (Å²) < 4.78 is 1.67. The summed E-state index contributed by atoms with van der Waals surface area (Å²) >= 11 is 0. The molecule has 0 aliphatic heterocycles. The van der Waals surface area contributed by atoms with E-state index in [2.05, 4.69) is 4.98 Å². The molecule has 0 amide bonds. The third-order valence-electron chi connectivity index (χ3n) is 2.41. The Morgan fingerprint density at radius 3 is 2.42 bits per heavy atom. The molecule has 2 rings (SSSR count). The van der Waals surface area contributed by atoms with E-state index in [1.807, 2.05) is 0 Å². The van der Waals surface area contributed by atoms with Crippen LogP contribution in [0.25, 0.3) is 11.8 Å². The van der Waals surface area contributed by atoms with E-state index in [-0.39, 0.29) is 5.56 Å². The molecule has 0 aliphatic carbocycles. The number of aromatic carboxylic acids is 1. The van der Waals surface area contributed by atoms with Crippen molar-refractivity contribution in [3.8, 4) is 5.69 Å². The lowest BCUT2D eigenvalue weighted by Crippen LogP contribution is -1.97. The molecule has 0 aliphatic rings. The second kappa shape index (κ2) is 5.18. The molecule has 0 saturated heterocycles. The molecule has 19 heavy (non-hydrogen) atoms. The van der Waals surface area contributed by atoms with E-state index < -0.39 is 11.9 Å². The molecule has 0 atom stereocenters. The summed E-state index contributed by atoms with van der Waals surface area (Å²) in [6.45, 7) is 0. The quantitative estimate of drug-likeness (QED) is 0.814. The summed E-state index contributed by atoms with van der Waals surface area (Å²) in [6, 6.07) is 6.28. The van der Waals surface area contributed by atoms with Gasteiger partial charge in [0.25, 0.3) is 0 Å². The zero-order valence-electron chi connectivity index (χ0n) is 9.72. The number of rotatable bonds is 4. The van der Waals surface area contributed by atoms with Crippen molar-refractivity contribution in [3.63, 3.8) is 0 Å². The molecule has 2 aromatic rings. The highest BCUT2D eigenvalue weighted by Crippen LogP contribution is 2.11. The van der Waals surface area contributed by atoms with Crippen molar-refractivity contribution in [1.82, 2.24) is 9.55 Å². The molecule has 0 unspecified atom stereocenters. The number of aliphatic carboxylic acids is 1. The van der Waals surface area contributed by atoms with Crippen LogP contribution in [-0.2, 0) is 4.79 Å². The Kier molecular flexibility index (Phi) is 3.42. The highest BCUT2D eigenvalue weighted by atomic mass is 16.4. The molecule has 1 heterocycles.